The van der Waals surface area contributed by atoms with E-state index in [1.165, 1.54) is 0 Å². The Kier molecular flexibility index (Phi) is 4.42. The first-order chi connectivity index (χ1) is 9.71. The maximum absolute atomic E-state index is 10.5. The van der Waals surface area contributed by atoms with Gasteiger partial charge in [0, 0.05) is 17.8 Å². The van der Waals surface area contributed by atoms with Gasteiger partial charge >= 0.3 is 0 Å². The monoisotopic (exact) mass is 275 g/mol. The van der Waals surface area contributed by atoms with Gasteiger partial charge in [-0.25, -0.2) is 4.98 Å². The molecule has 0 saturated heterocycles. The third kappa shape index (κ3) is 2.67. The van der Waals surface area contributed by atoms with Gasteiger partial charge in [-0.15, -0.1) is 0 Å². The number of aliphatic hydroxyl groups excluding tert-OH is 1. The predicted molar refractivity (Wildman–Crippen MR) is 74.4 cm³/mol. The molecular formula is C15H17NO4. The summed E-state index contributed by atoms with van der Waals surface area (Å²) in [5.41, 5.74) is 1.21. The van der Waals surface area contributed by atoms with Gasteiger partial charge in [0.25, 0.3) is 0 Å². The summed E-state index contributed by atoms with van der Waals surface area (Å²) in [6.07, 6.45) is 0.676. The number of hydrogen-bond donors (Lipinski definition) is 1. The summed E-state index contributed by atoms with van der Waals surface area (Å²) in [5.74, 6) is 1.62. The Morgan fingerprint density at radius 2 is 1.60 bits per heavy atom. The van der Waals surface area contributed by atoms with Gasteiger partial charge in [0.15, 0.2) is 0 Å². The summed E-state index contributed by atoms with van der Waals surface area (Å²) in [5, 5.41) is 10.5. The van der Waals surface area contributed by atoms with Gasteiger partial charge in [-0.05, 0) is 18.2 Å². The van der Waals surface area contributed by atoms with E-state index in [1.807, 2.05) is 0 Å². The second-order valence-corrected chi connectivity index (χ2v) is 4.11. The first-order valence-corrected chi connectivity index (χ1v) is 6.10. The molecule has 1 atom stereocenters. The van der Waals surface area contributed by atoms with Crippen LogP contribution in [0, 0.1) is 0 Å². The first kappa shape index (κ1) is 14.1. The normalized spacial score (nSPS) is 11.8. The number of methoxy groups -OCH3 is 3. The number of nitrogens with zero attached hydrogens (tertiary/aromatic N) is 1. The average Bonchev–Trinajstić information content (AvgIpc) is 2.53. The molecule has 0 aliphatic heterocycles. The maximum Gasteiger partial charge on any atom is 0.212 e. The fourth-order valence-electron chi connectivity index (χ4n) is 1.99. The van der Waals surface area contributed by atoms with Crippen LogP contribution in [0.15, 0.2) is 36.5 Å². The van der Waals surface area contributed by atoms with Gasteiger partial charge in [-0.1, -0.05) is 6.07 Å². The quantitative estimate of drug-likeness (QED) is 0.906. The highest BCUT2D eigenvalue weighted by Gasteiger charge is 2.20. The Labute approximate surface area is 117 Å². The predicted octanol–water partition coefficient (Wildman–Crippen LogP) is 2.19. The van der Waals surface area contributed by atoms with Crippen LogP contribution in [0.4, 0.5) is 0 Å². The molecule has 106 valence electrons. The fourth-order valence-corrected chi connectivity index (χ4v) is 1.99. The zero-order valence-corrected chi connectivity index (χ0v) is 11.7. The van der Waals surface area contributed by atoms with Crippen molar-refractivity contribution in [2.75, 3.05) is 21.3 Å². The largest absolute Gasteiger partial charge is 0.496 e. The molecule has 0 radical (unpaired) electrons. The van der Waals surface area contributed by atoms with Crippen molar-refractivity contribution >= 4 is 0 Å². The van der Waals surface area contributed by atoms with Crippen molar-refractivity contribution in [3.8, 4) is 17.4 Å². The summed E-state index contributed by atoms with van der Waals surface area (Å²) >= 11 is 0. The third-order valence-electron chi connectivity index (χ3n) is 3.02. The number of aliphatic hydroxyl groups is 1. The minimum absolute atomic E-state index is 0.493. The molecule has 20 heavy (non-hydrogen) atoms. The van der Waals surface area contributed by atoms with Crippen LogP contribution in [0.25, 0.3) is 0 Å². The van der Waals surface area contributed by atoms with E-state index >= 15 is 0 Å². The zero-order valence-electron chi connectivity index (χ0n) is 11.7. The molecule has 2 aromatic rings. The van der Waals surface area contributed by atoms with Crippen molar-refractivity contribution in [3.05, 3.63) is 47.7 Å². The number of pyridine rings is 1. The highest BCUT2D eigenvalue weighted by molar-refractivity contribution is 5.49. The summed E-state index contributed by atoms with van der Waals surface area (Å²) in [6.45, 7) is 0. The van der Waals surface area contributed by atoms with E-state index in [2.05, 4.69) is 4.98 Å². The van der Waals surface area contributed by atoms with E-state index in [4.69, 9.17) is 14.2 Å². The van der Waals surface area contributed by atoms with Crippen molar-refractivity contribution in [2.45, 2.75) is 6.10 Å². The van der Waals surface area contributed by atoms with Crippen LogP contribution < -0.4 is 14.2 Å². The molecule has 5 nitrogen and oxygen atoms in total. The second-order valence-electron chi connectivity index (χ2n) is 4.11. The van der Waals surface area contributed by atoms with E-state index in [0.717, 1.165) is 0 Å². The lowest BCUT2D eigenvalue weighted by atomic mass is 10.0. The number of hydrogen-bond acceptors (Lipinski definition) is 5. The molecule has 0 saturated carbocycles. The van der Waals surface area contributed by atoms with E-state index in [1.54, 1.807) is 57.9 Å². The van der Waals surface area contributed by atoms with Crippen molar-refractivity contribution in [3.63, 3.8) is 0 Å². The van der Waals surface area contributed by atoms with Crippen molar-refractivity contribution < 1.29 is 19.3 Å². The van der Waals surface area contributed by atoms with Gasteiger partial charge in [-0.2, -0.15) is 0 Å². The van der Waals surface area contributed by atoms with Crippen molar-refractivity contribution in [1.82, 2.24) is 4.98 Å². The lowest BCUT2D eigenvalue weighted by molar-refractivity contribution is 0.208. The van der Waals surface area contributed by atoms with Crippen LogP contribution in [-0.4, -0.2) is 31.4 Å². The standard InChI is InChI=1S/C15H17NO4/c1-18-11-5-4-6-12(19-2)14(11)15(17)10-7-8-13(20-3)16-9-10/h4-9,15,17H,1-3H3. The van der Waals surface area contributed by atoms with Crippen LogP contribution in [0.3, 0.4) is 0 Å². The average molecular weight is 275 g/mol. The van der Waals surface area contributed by atoms with Crippen LogP contribution >= 0.6 is 0 Å². The lowest BCUT2D eigenvalue weighted by Crippen LogP contribution is -2.05. The van der Waals surface area contributed by atoms with E-state index in [0.29, 0.717) is 28.5 Å². The molecule has 5 heteroatoms. The van der Waals surface area contributed by atoms with E-state index < -0.39 is 6.10 Å². The second kappa shape index (κ2) is 6.25. The molecule has 0 amide bonds. The van der Waals surface area contributed by atoms with Gasteiger partial charge in [0.2, 0.25) is 5.88 Å². The molecule has 2 rings (SSSR count). The van der Waals surface area contributed by atoms with E-state index in [-0.39, 0.29) is 0 Å². The van der Waals surface area contributed by atoms with Gasteiger partial charge < -0.3 is 19.3 Å². The summed E-state index contributed by atoms with van der Waals surface area (Å²) < 4.78 is 15.6. The highest BCUT2D eigenvalue weighted by atomic mass is 16.5. The van der Waals surface area contributed by atoms with Crippen LogP contribution in [0.1, 0.15) is 17.2 Å². The molecule has 1 N–H and O–H groups in total. The highest BCUT2D eigenvalue weighted by Crippen LogP contribution is 2.37. The Hall–Kier alpha value is -2.27. The SMILES string of the molecule is COc1ccc(C(O)c2c(OC)cccc2OC)cn1. The topological polar surface area (TPSA) is 60.8 Å². The molecule has 1 aromatic heterocycles. The van der Waals surface area contributed by atoms with Gasteiger partial charge in [-0.3, -0.25) is 0 Å². The Bertz CT molecular complexity index is 546. The summed E-state index contributed by atoms with van der Waals surface area (Å²) in [4.78, 5) is 4.09. The minimum Gasteiger partial charge on any atom is -0.496 e. The smallest absolute Gasteiger partial charge is 0.212 e. The van der Waals surface area contributed by atoms with Crippen LogP contribution in [0.5, 0.6) is 17.4 Å². The molecule has 1 aromatic carbocycles. The molecule has 0 spiro atoms. The van der Waals surface area contributed by atoms with Gasteiger partial charge in [0.05, 0.1) is 26.9 Å². The Morgan fingerprint density at radius 1 is 0.950 bits per heavy atom. The molecule has 0 aliphatic rings. The zero-order chi connectivity index (χ0) is 14.5. The molecule has 1 unspecified atom stereocenters. The van der Waals surface area contributed by atoms with Crippen LogP contribution in [0.2, 0.25) is 0 Å². The number of aromatic nitrogens is 1. The number of benzene rings is 1. The summed E-state index contributed by atoms with van der Waals surface area (Å²) in [7, 11) is 4.65. The fraction of sp³-hybridized carbons (Fsp3) is 0.267. The molecule has 0 fully saturated rings. The number of ether oxygens (including phenoxy) is 3. The first-order valence-electron chi connectivity index (χ1n) is 6.10. The Balaban J connectivity index is 2.43. The molecular weight excluding hydrogens is 258 g/mol. The third-order valence-corrected chi connectivity index (χ3v) is 3.02. The molecule has 0 aliphatic carbocycles. The van der Waals surface area contributed by atoms with Gasteiger partial charge in [0.1, 0.15) is 17.6 Å². The van der Waals surface area contributed by atoms with Crippen molar-refractivity contribution in [1.29, 1.82) is 0 Å². The molecule has 0 bridgehead atoms. The molecule has 1 heterocycles. The maximum atomic E-state index is 10.5. The number of rotatable bonds is 5. The Morgan fingerprint density at radius 3 is 2.05 bits per heavy atom. The summed E-state index contributed by atoms with van der Waals surface area (Å²) in [6, 6.07) is 8.80. The minimum atomic E-state index is -0.889. The van der Waals surface area contributed by atoms with E-state index in [9.17, 15) is 5.11 Å². The van der Waals surface area contributed by atoms with Crippen molar-refractivity contribution in [2.24, 2.45) is 0 Å². The lowest BCUT2D eigenvalue weighted by Gasteiger charge is -2.18. The van der Waals surface area contributed by atoms with Crippen LogP contribution in [-0.2, 0) is 0 Å².